The number of halogens is 1. The van der Waals surface area contributed by atoms with Crippen LogP contribution < -0.4 is 5.32 Å². The number of nitrogens with zero attached hydrogens (tertiary/aromatic N) is 3. The van der Waals surface area contributed by atoms with Crippen LogP contribution in [0.4, 0.5) is 5.13 Å². The molecule has 0 saturated heterocycles. The van der Waals surface area contributed by atoms with Crippen molar-refractivity contribution in [2.24, 2.45) is 0 Å². The van der Waals surface area contributed by atoms with Gasteiger partial charge in [-0.15, -0.1) is 11.3 Å². The number of benzene rings is 2. The molecule has 2 aromatic heterocycles. The van der Waals surface area contributed by atoms with Crippen molar-refractivity contribution in [1.29, 1.82) is 0 Å². The van der Waals surface area contributed by atoms with E-state index in [0.717, 1.165) is 16.9 Å². The Morgan fingerprint density at radius 3 is 2.44 bits per heavy atom. The average molecular weight is 395 g/mol. The van der Waals surface area contributed by atoms with Gasteiger partial charge < -0.3 is 0 Å². The molecular weight excluding hydrogens is 380 g/mol. The van der Waals surface area contributed by atoms with Crippen molar-refractivity contribution < 1.29 is 4.79 Å². The van der Waals surface area contributed by atoms with E-state index in [1.54, 1.807) is 11.6 Å². The number of para-hydroxylation sites is 1. The number of hydrogen-bond donors (Lipinski definition) is 1. The molecule has 0 aliphatic carbocycles. The van der Waals surface area contributed by atoms with Crippen LogP contribution in [0.15, 0.2) is 66.0 Å². The number of aryl methyl sites for hydroxylation is 1. The molecule has 0 fully saturated rings. The highest BCUT2D eigenvalue weighted by atomic mass is 35.5. The summed E-state index contributed by atoms with van der Waals surface area (Å²) in [7, 11) is 0. The summed E-state index contributed by atoms with van der Waals surface area (Å²) in [5.74, 6) is -0.325. The molecule has 27 heavy (non-hydrogen) atoms. The number of hydrogen-bond acceptors (Lipinski definition) is 4. The highest BCUT2D eigenvalue weighted by Gasteiger charge is 2.22. The summed E-state index contributed by atoms with van der Waals surface area (Å²) < 4.78 is 1.56. The Morgan fingerprint density at radius 2 is 1.74 bits per heavy atom. The molecule has 2 aromatic carbocycles. The van der Waals surface area contributed by atoms with Gasteiger partial charge in [0.15, 0.2) is 5.13 Å². The van der Waals surface area contributed by atoms with Gasteiger partial charge in [0.25, 0.3) is 5.91 Å². The van der Waals surface area contributed by atoms with Gasteiger partial charge in [-0.1, -0.05) is 60.1 Å². The molecule has 0 bridgehead atoms. The maximum absolute atomic E-state index is 12.8. The Labute approximate surface area is 165 Å². The Bertz CT molecular complexity index is 1090. The molecule has 5 nitrogen and oxygen atoms in total. The van der Waals surface area contributed by atoms with Crippen LogP contribution in [0.5, 0.6) is 0 Å². The van der Waals surface area contributed by atoms with Gasteiger partial charge in [0.05, 0.1) is 17.1 Å². The van der Waals surface area contributed by atoms with Gasteiger partial charge in [0.2, 0.25) is 0 Å². The third kappa shape index (κ3) is 3.49. The minimum Gasteiger partial charge on any atom is -0.298 e. The van der Waals surface area contributed by atoms with Crippen molar-refractivity contribution in [1.82, 2.24) is 14.8 Å². The summed E-state index contributed by atoms with van der Waals surface area (Å²) in [6.07, 6.45) is 0. The molecule has 0 atom stereocenters. The van der Waals surface area contributed by atoms with Crippen LogP contribution in [0.3, 0.4) is 0 Å². The van der Waals surface area contributed by atoms with E-state index in [0.29, 0.717) is 16.4 Å². The van der Waals surface area contributed by atoms with Gasteiger partial charge in [0, 0.05) is 10.9 Å². The van der Waals surface area contributed by atoms with Crippen LogP contribution >= 0.6 is 22.9 Å². The minimum atomic E-state index is -0.325. The molecule has 1 amide bonds. The van der Waals surface area contributed by atoms with E-state index in [4.69, 9.17) is 11.6 Å². The van der Waals surface area contributed by atoms with Crippen LogP contribution in [0.2, 0.25) is 5.15 Å². The van der Waals surface area contributed by atoms with E-state index in [2.05, 4.69) is 15.4 Å². The molecule has 0 spiro atoms. The lowest BCUT2D eigenvalue weighted by Gasteiger charge is -2.03. The minimum absolute atomic E-state index is 0.274. The summed E-state index contributed by atoms with van der Waals surface area (Å²) in [4.78, 5) is 17.3. The number of thiazole rings is 1. The maximum atomic E-state index is 12.8. The first-order valence-corrected chi connectivity index (χ1v) is 9.52. The fourth-order valence-electron chi connectivity index (χ4n) is 2.73. The summed E-state index contributed by atoms with van der Waals surface area (Å²) >= 11 is 7.82. The number of amides is 1. The van der Waals surface area contributed by atoms with E-state index in [1.165, 1.54) is 11.3 Å². The van der Waals surface area contributed by atoms with Gasteiger partial charge >= 0.3 is 0 Å². The lowest BCUT2D eigenvalue weighted by atomic mass is 10.2. The first-order chi connectivity index (χ1) is 13.1. The molecule has 1 N–H and O–H groups in total. The van der Waals surface area contributed by atoms with E-state index < -0.39 is 0 Å². The summed E-state index contributed by atoms with van der Waals surface area (Å²) in [6.45, 7) is 1.76. The van der Waals surface area contributed by atoms with E-state index >= 15 is 0 Å². The summed E-state index contributed by atoms with van der Waals surface area (Å²) in [6, 6.07) is 19.3. The average Bonchev–Trinajstić information content (AvgIpc) is 3.27. The molecule has 0 aliphatic rings. The molecule has 4 aromatic rings. The highest BCUT2D eigenvalue weighted by Crippen LogP contribution is 2.27. The van der Waals surface area contributed by atoms with E-state index in [-0.39, 0.29) is 11.1 Å². The zero-order valence-electron chi connectivity index (χ0n) is 14.4. The zero-order chi connectivity index (χ0) is 18.8. The van der Waals surface area contributed by atoms with Crippen molar-refractivity contribution in [3.8, 4) is 16.9 Å². The standard InChI is InChI=1S/C20H15ClN4OS/c1-13-17(18(21)25(24-13)15-10-6-3-7-11-15)19(26)23-20-22-16(12-27-20)14-8-4-2-5-9-14/h2-12H,1H3,(H,22,23,26). The Kier molecular flexibility index (Phi) is 4.75. The van der Waals surface area contributed by atoms with Crippen LogP contribution in [0, 0.1) is 6.92 Å². The fourth-order valence-corrected chi connectivity index (χ4v) is 3.80. The molecule has 0 radical (unpaired) electrons. The van der Waals surface area contributed by atoms with Crippen LogP contribution in [-0.2, 0) is 0 Å². The lowest BCUT2D eigenvalue weighted by Crippen LogP contribution is -2.13. The summed E-state index contributed by atoms with van der Waals surface area (Å²) in [5, 5.41) is 9.93. The largest absolute Gasteiger partial charge is 0.298 e. The number of nitrogens with one attached hydrogen (secondary N) is 1. The molecule has 2 heterocycles. The Balaban J connectivity index is 1.59. The second-order valence-electron chi connectivity index (χ2n) is 5.86. The van der Waals surface area contributed by atoms with Gasteiger partial charge in [-0.2, -0.15) is 5.10 Å². The monoisotopic (exact) mass is 394 g/mol. The first-order valence-electron chi connectivity index (χ1n) is 8.26. The topological polar surface area (TPSA) is 59.8 Å². The second-order valence-corrected chi connectivity index (χ2v) is 7.07. The lowest BCUT2D eigenvalue weighted by molar-refractivity contribution is 0.102. The molecule has 0 saturated carbocycles. The van der Waals surface area contributed by atoms with Gasteiger partial charge in [-0.05, 0) is 19.1 Å². The van der Waals surface area contributed by atoms with Crippen molar-refractivity contribution in [3.05, 3.63) is 82.5 Å². The molecule has 4 rings (SSSR count). The quantitative estimate of drug-likeness (QED) is 0.516. The molecule has 134 valence electrons. The highest BCUT2D eigenvalue weighted by molar-refractivity contribution is 7.14. The normalized spacial score (nSPS) is 10.7. The zero-order valence-corrected chi connectivity index (χ0v) is 16.0. The van der Waals surface area contributed by atoms with Gasteiger partial charge in [-0.25, -0.2) is 9.67 Å². The van der Waals surface area contributed by atoms with E-state index in [9.17, 15) is 4.79 Å². The summed E-state index contributed by atoms with van der Waals surface area (Å²) in [5.41, 5.74) is 3.52. The SMILES string of the molecule is Cc1nn(-c2ccccc2)c(Cl)c1C(=O)Nc1nc(-c2ccccc2)cs1. The molecular formula is C20H15ClN4OS. The third-order valence-corrected chi connectivity index (χ3v) is 5.13. The van der Waals surface area contributed by atoms with Crippen molar-refractivity contribution in [2.75, 3.05) is 5.32 Å². The van der Waals surface area contributed by atoms with Crippen LogP contribution in [0.25, 0.3) is 16.9 Å². The predicted molar refractivity (Wildman–Crippen MR) is 109 cm³/mol. The van der Waals surface area contributed by atoms with E-state index in [1.807, 2.05) is 66.0 Å². The fraction of sp³-hybridized carbons (Fsp3) is 0.0500. The first kappa shape index (κ1) is 17.5. The third-order valence-electron chi connectivity index (χ3n) is 4.03. The number of carbonyl (C=O) groups is 1. The number of aromatic nitrogens is 3. The maximum Gasteiger partial charge on any atom is 0.262 e. The molecule has 7 heteroatoms. The predicted octanol–water partition coefficient (Wildman–Crippen LogP) is 5.21. The van der Waals surface area contributed by atoms with Crippen molar-refractivity contribution in [2.45, 2.75) is 6.92 Å². The van der Waals surface area contributed by atoms with Crippen molar-refractivity contribution >= 4 is 34.0 Å². The van der Waals surface area contributed by atoms with Crippen molar-refractivity contribution in [3.63, 3.8) is 0 Å². The Morgan fingerprint density at radius 1 is 1.07 bits per heavy atom. The van der Waals surface area contributed by atoms with Gasteiger partial charge in [-0.3, -0.25) is 10.1 Å². The molecule has 0 aliphatic heterocycles. The number of anilines is 1. The van der Waals surface area contributed by atoms with Crippen LogP contribution in [0.1, 0.15) is 16.1 Å². The smallest absolute Gasteiger partial charge is 0.262 e. The Hall–Kier alpha value is -2.96. The number of carbonyl (C=O) groups excluding carboxylic acids is 1. The van der Waals surface area contributed by atoms with Gasteiger partial charge in [0.1, 0.15) is 10.7 Å². The van der Waals surface area contributed by atoms with Crippen LogP contribution in [-0.4, -0.2) is 20.7 Å². The number of rotatable bonds is 4. The molecule has 0 unspecified atom stereocenters. The second kappa shape index (κ2) is 7.34.